The molecule has 0 saturated carbocycles. The van der Waals surface area contributed by atoms with Crippen LogP contribution in [-0.4, -0.2) is 95.9 Å². The molecular weight excluding hydrogens is 362 g/mol. The number of rotatable bonds is 4. The lowest BCUT2D eigenvalue weighted by Crippen LogP contribution is -2.51. The molecule has 0 bridgehead atoms. The Morgan fingerprint density at radius 2 is 1.90 bits per heavy atom. The minimum absolute atomic E-state index is 0.209. The van der Waals surface area contributed by atoms with Crippen molar-refractivity contribution >= 4 is 5.91 Å². The molecule has 6 heteroatoms. The van der Waals surface area contributed by atoms with Crippen molar-refractivity contribution in [2.24, 2.45) is 5.92 Å². The molecule has 4 heterocycles. The van der Waals surface area contributed by atoms with Gasteiger partial charge in [-0.1, -0.05) is 6.07 Å². The normalized spacial score (nSPS) is 26.4. The van der Waals surface area contributed by atoms with Crippen LogP contribution in [0.3, 0.4) is 0 Å². The van der Waals surface area contributed by atoms with Crippen molar-refractivity contribution in [3.05, 3.63) is 30.1 Å². The van der Waals surface area contributed by atoms with E-state index >= 15 is 0 Å². The second-order valence-corrected chi connectivity index (χ2v) is 9.18. The molecule has 0 radical (unpaired) electrons. The second kappa shape index (κ2) is 10.0. The first-order valence-corrected chi connectivity index (χ1v) is 11.5. The zero-order chi connectivity index (χ0) is 20.1. The first-order valence-electron chi connectivity index (χ1n) is 11.5. The molecule has 0 aromatic carbocycles. The highest BCUT2D eigenvalue weighted by Gasteiger charge is 2.33. The predicted octanol–water partition coefficient (Wildman–Crippen LogP) is 1.92. The molecule has 1 atom stereocenters. The zero-order valence-corrected chi connectivity index (χ0v) is 18.0. The van der Waals surface area contributed by atoms with E-state index in [0.29, 0.717) is 11.9 Å². The Kier molecular flexibility index (Phi) is 7.16. The molecule has 29 heavy (non-hydrogen) atoms. The molecule has 0 aliphatic carbocycles. The smallest absolute Gasteiger partial charge is 0.227 e. The summed E-state index contributed by atoms with van der Waals surface area (Å²) in [4.78, 5) is 27.1. The number of pyridine rings is 1. The van der Waals surface area contributed by atoms with Crippen LogP contribution in [0, 0.1) is 5.92 Å². The summed E-state index contributed by atoms with van der Waals surface area (Å²) in [6.45, 7) is 9.39. The van der Waals surface area contributed by atoms with Gasteiger partial charge in [-0.25, -0.2) is 0 Å². The highest BCUT2D eigenvalue weighted by atomic mass is 16.2. The molecule has 6 nitrogen and oxygen atoms in total. The first kappa shape index (κ1) is 20.8. The second-order valence-electron chi connectivity index (χ2n) is 9.18. The molecule has 1 aromatic heterocycles. The maximum atomic E-state index is 13.2. The number of carbonyl (C=O) groups excluding carboxylic acids is 1. The maximum Gasteiger partial charge on any atom is 0.227 e. The van der Waals surface area contributed by atoms with E-state index in [1.54, 1.807) is 0 Å². The molecule has 0 spiro atoms. The van der Waals surface area contributed by atoms with E-state index in [2.05, 4.69) is 37.7 Å². The topological polar surface area (TPSA) is 42.9 Å². The molecule has 1 aromatic rings. The summed E-state index contributed by atoms with van der Waals surface area (Å²) in [7, 11) is 2.16. The molecule has 3 saturated heterocycles. The van der Waals surface area contributed by atoms with E-state index < -0.39 is 0 Å². The summed E-state index contributed by atoms with van der Waals surface area (Å²) in [5.74, 6) is 0.625. The van der Waals surface area contributed by atoms with Gasteiger partial charge < -0.3 is 9.80 Å². The maximum absolute atomic E-state index is 13.2. The van der Waals surface area contributed by atoms with Crippen LogP contribution in [-0.2, 0) is 11.3 Å². The quantitative estimate of drug-likeness (QED) is 0.774. The van der Waals surface area contributed by atoms with Gasteiger partial charge in [0.1, 0.15) is 0 Å². The fourth-order valence-electron chi connectivity index (χ4n) is 5.26. The minimum atomic E-state index is 0.209. The average Bonchev–Trinajstić information content (AvgIpc) is 2.99. The minimum Gasteiger partial charge on any atom is -0.341 e. The van der Waals surface area contributed by atoms with E-state index in [1.165, 1.54) is 31.4 Å². The van der Waals surface area contributed by atoms with Crippen LogP contribution in [0.4, 0.5) is 0 Å². The van der Waals surface area contributed by atoms with Gasteiger partial charge in [-0.2, -0.15) is 0 Å². The molecule has 1 amide bonds. The Morgan fingerprint density at radius 1 is 1.03 bits per heavy atom. The van der Waals surface area contributed by atoms with Crippen molar-refractivity contribution in [2.75, 3.05) is 59.4 Å². The Morgan fingerprint density at radius 3 is 2.69 bits per heavy atom. The van der Waals surface area contributed by atoms with Gasteiger partial charge in [-0.05, 0) is 77.0 Å². The molecule has 160 valence electrons. The van der Waals surface area contributed by atoms with Gasteiger partial charge in [-0.3, -0.25) is 19.6 Å². The number of nitrogens with zero attached hydrogens (tertiary/aromatic N) is 5. The van der Waals surface area contributed by atoms with Gasteiger partial charge in [0.2, 0.25) is 5.91 Å². The van der Waals surface area contributed by atoms with Crippen LogP contribution >= 0.6 is 0 Å². The van der Waals surface area contributed by atoms with Crippen molar-refractivity contribution in [1.82, 2.24) is 24.6 Å². The number of amides is 1. The van der Waals surface area contributed by atoms with Gasteiger partial charge in [0.15, 0.2) is 0 Å². The Bertz CT molecular complexity index is 646. The third-order valence-electron chi connectivity index (χ3n) is 7.04. The number of hydrogen-bond acceptors (Lipinski definition) is 5. The Labute approximate surface area is 175 Å². The number of hydrogen-bond donors (Lipinski definition) is 0. The van der Waals surface area contributed by atoms with E-state index in [1.807, 2.05) is 18.5 Å². The third-order valence-corrected chi connectivity index (χ3v) is 7.04. The number of aromatic nitrogens is 1. The van der Waals surface area contributed by atoms with Crippen LogP contribution in [0.25, 0.3) is 0 Å². The number of piperidine rings is 2. The van der Waals surface area contributed by atoms with E-state index in [9.17, 15) is 4.79 Å². The molecule has 3 fully saturated rings. The Balaban J connectivity index is 1.26. The first-order chi connectivity index (χ1) is 14.2. The van der Waals surface area contributed by atoms with Gasteiger partial charge in [0, 0.05) is 51.2 Å². The van der Waals surface area contributed by atoms with Crippen LogP contribution in [0.2, 0.25) is 0 Å². The fraction of sp³-hybridized carbons (Fsp3) is 0.739. The molecule has 1 unspecified atom stereocenters. The summed E-state index contributed by atoms with van der Waals surface area (Å²) >= 11 is 0. The monoisotopic (exact) mass is 399 g/mol. The van der Waals surface area contributed by atoms with Gasteiger partial charge >= 0.3 is 0 Å². The van der Waals surface area contributed by atoms with Crippen molar-refractivity contribution in [3.63, 3.8) is 0 Å². The number of likely N-dealkylation sites (tertiary alicyclic amines) is 2. The number of likely N-dealkylation sites (N-methyl/N-ethyl adjacent to an activating group) is 1. The average molecular weight is 400 g/mol. The lowest BCUT2D eigenvalue weighted by Gasteiger charge is -2.42. The van der Waals surface area contributed by atoms with E-state index in [-0.39, 0.29) is 5.92 Å². The standard InChI is InChI=1S/C23H37N5O/c1-25-10-4-12-27(16-15-25)23(29)21-6-3-11-28(19-21)22-7-13-26(14-8-22)18-20-5-2-9-24-17-20/h2,5,9,17,21-22H,3-4,6-8,10-16,18-19H2,1H3. The van der Waals surface area contributed by atoms with E-state index in [0.717, 1.165) is 65.2 Å². The molecule has 3 aliphatic heterocycles. The van der Waals surface area contributed by atoms with Crippen LogP contribution < -0.4 is 0 Å². The van der Waals surface area contributed by atoms with Crippen molar-refractivity contribution < 1.29 is 4.79 Å². The molecule has 4 rings (SSSR count). The highest BCUT2D eigenvalue weighted by Crippen LogP contribution is 2.26. The predicted molar refractivity (Wildman–Crippen MR) is 116 cm³/mol. The van der Waals surface area contributed by atoms with Crippen LogP contribution in [0.1, 0.15) is 37.7 Å². The SMILES string of the molecule is CN1CCCN(C(=O)C2CCCN(C3CCN(Cc4cccnc4)CC3)C2)CC1. The summed E-state index contributed by atoms with van der Waals surface area (Å²) in [5.41, 5.74) is 1.30. The Hall–Kier alpha value is -1.50. The number of carbonyl (C=O) groups is 1. The largest absolute Gasteiger partial charge is 0.341 e. The summed E-state index contributed by atoms with van der Waals surface area (Å²) in [6, 6.07) is 4.83. The van der Waals surface area contributed by atoms with E-state index in [4.69, 9.17) is 0 Å². The van der Waals surface area contributed by atoms with Crippen LogP contribution in [0.15, 0.2) is 24.5 Å². The van der Waals surface area contributed by atoms with Gasteiger partial charge in [-0.15, -0.1) is 0 Å². The fourth-order valence-corrected chi connectivity index (χ4v) is 5.26. The summed E-state index contributed by atoms with van der Waals surface area (Å²) in [5, 5.41) is 0. The van der Waals surface area contributed by atoms with Gasteiger partial charge in [0.05, 0.1) is 5.92 Å². The summed E-state index contributed by atoms with van der Waals surface area (Å²) in [6.07, 6.45) is 9.60. The highest BCUT2D eigenvalue weighted by molar-refractivity contribution is 5.79. The third kappa shape index (κ3) is 5.56. The van der Waals surface area contributed by atoms with Crippen molar-refractivity contribution in [1.29, 1.82) is 0 Å². The molecular formula is C23H37N5O. The van der Waals surface area contributed by atoms with Gasteiger partial charge in [0.25, 0.3) is 0 Å². The lowest BCUT2D eigenvalue weighted by atomic mass is 9.92. The summed E-state index contributed by atoms with van der Waals surface area (Å²) < 4.78 is 0. The molecule has 0 N–H and O–H groups in total. The lowest BCUT2D eigenvalue weighted by molar-refractivity contribution is -0.137. The van der Waals surface area contributed by atoms with Crippen LogP contribution in [0.5, 0.6) is 0 Å². The van der Waals surface area contributed by atoms with Crippen molar-refractivity contribution in [2.45, 2.75) is 44.7 Å². The van der Waals surface area contributed by atoms with Crippen molar-refractivity contribution in [3.8, 4) is 0 Å². The molecule has 3 aliphatic rings. The zero-order valence-electron chi connectivity index (χ0n) is 18.0.